The number of nitro benzene ring substituents is 1. The summed E-state index contributed by atoms with van der Waals surface area (Å²) in [5.41, 5.74) is 1.95. The SMILES string of the molecule is O=C(N/N=C/c1cc([N+](=O)[O-])ccc1OC(=O)c1ccc(Cl)cc1Cl)c1ccccc1O. The minimum Gasteiger partial charge on any atom is -0.507 e. The molecule has 0 aliphatic heterocycles. The van der Waals surface area contributed by atoms with Crippen molar-refractivity contribution in [2.45, 2.75) is 0 Å². The molecule has 11 heteroatoms. The number of hydrazone groups is 1. The van der Waals surface area contributed by atoms with E-state index in [4.69, 9.17) is 27.9 Å². The van der Waals surface area contributed by atoms with Crippen molar-refractivity contribution in [2.24, 2.45) is 5.10 Å². The highest BCUT2D eigenvalue weighted by atomic mass is 35.5. The predicted molar refractivity (Wildman–Crippen MR) is 118 cm³/mol. The monoisotopic (exact) mass is 473 g/mol. The van der Waals surface area contributed by atoms with Gasteiger partial charge in [0.25, 0.3) is 11.6 Å². The molecule has 162 valence electrons. The lowest BCUT2D eigenvalue weighted by molar-refractivity contribution is -0.384. The number of carbonyl (C=O) groups is 2. The summed E-state index contributed by atoms with van der Waals surface area (Å²) in [6.07, 6.45) is 1.07. The van der Waals surface area contributed by atoms with Gasteiger partial charge in [0.2, 0.25) is 0 Å². The van der Waals surface area contributed by atoms with E-state index in [1.54, 1.807) is 12.1 Å². The maximum absolute atomic E-state index is 12.5. The van der Waals surface area contributed by atoms with E-state index in [-0.39, 0.29) is 38.9 Å². The number of nitro groups is 1. The molecule has 9 nitrogen and oxygen atoms in total. The summed E-state index contributed by atoms with van der Waals surface area (Å²) < 4.78 is 5.32. The second-order valence-electron chi connectivity index (χ2n) is 6.21. The van der Waals surface area contributed by atoms with Crippen LogP contribution in [0.5, 0.6) is 11.5 Å². The lowest BCUT2D eigenvalue weighted by Gasteiger charge is -2.09. The van der Waals surface area contributed by atoms with Crippen molar-refractivity contribution in [2.75, 3.05) is 0 Å². The van der Waals surface area contributed by atoms with Crippen molar-refractivity contribution < 1.29 is 24.4 Å². The number of halogens is 2. The maximum Gasteiger partial charge on any atom is 0.345 e. The van der Waals surface area contributed by atoms with Crippen LogP contribution in [0.15, 0.2) is 65.8 Å². The van der Waals surface area contributed by atoms with Crippen LogP contribution in [0.2, 0.25) is 10.0 Å². The number of ether oxygens (including phenoxy) is 1. The Balaban J connectivity index is 1.85. The Kier molecular flexibility index (Phi) is 7.04. The molecule has 2 N–H and O–H groups in total. The number of nitrogens with one attached hydrogen (secondary N) is 1. The number of carbonyl (C=O) groups excluding carboxylic acids is 2. The van der Waals surface area contributed by atoms with Gasteiger partial charge in [0, 0.05) is 22.7 Å². The highest BCUT2D eigenvalue weighted by molar-refractivity contribution is 6.36. The lowest BCUT2D eigenvalue weighted by Crippen LogP contribution is -2.18. The van der Waals surface area contributed by atoms with Gasteiger partial charge in [0.05, 0.1) is 27.3 Å². The van der Waals surface area contributed by atoms with E-state index in [0.717, 1.165) is 18.3 Å². The average Bonchev–Trinajstić information content (AvgIpc) is 2.74. The number of aromatic hydroxyl groups is 1. The summed E-state index contributed by atoms with van der Waals surface area (Å²) in [6.45, 7) is 0. The number of rotatable bonds is 6. The molecule has 0 unspecified atom stereocenters. The molecule has 0 radical (unpaired) electrons. The van der Waals surface area contributed by atoms with Gasteiger partial charge >= 0.3 is 5.97 Å². The van der Waals surface area contributed by atoms with Gasteiger partial charge in [-0.05, 0) is 36.4 Å². The molecule has 1 amide bonds. The zero-order chi connectivity index (χ0) is 23.3. The van der Waals surface area contributed by atoms with Crippen LogP contribution in [0.3, 0.4) is 0 Å². The topological polar surface area (TPSA) is 131 Å². The molecular weight excluding hydrogens is 461 g/mol. The number of phenolic OH excluding ortho intramolecular Hbond substituents is 1. The summed E-state index contributed by atoms with van der Waals surface area (Å²) in [6, 6.07) is 13.5. The Morgan fingerprint density at radius 3 is 2.50 bits per heavy atom. The van der Waals surface area contributed by atoms with Crippen molar-refractivity contribution >= 4 is 47.0 Å². The number of amides is 1. The van der Waals surface area contributed by atoms with Crippen molar-refractivity contribution in [3.05, 3.63) is 97.5 Å². The van der Waals surface area contributed by atoms with E-state index >= 15 is 0 Å². The number of benzene rings is 3. The van der Waals surface area contributed by atoms with E-state index in [1.165, 1.54) is 36.4 Å². The number of phenols is 1. The Bertz CT molecular complexity index is 1250. The fraction of sp³-hybridized carbons (Fsp3) is 0. The molecule has 0 aliphatic rings. The van der Waals surface area contributed by atoms with Crippen LogP contribution < -0.4 is 10.2 Å². The Morgan fingerprint density at radius 2 is 1.81 bits per heavy atom. The number of non-ortho nitro benzene ring substituents is 1. The molecule has 0 atom stereocenters. The highest BCUT2D eigenvalue weighted by Crippen LogP contribution is 2.26. The second kappa shape index (κ2) is 9.90. The number of hydrogen-bond acceptors (Lipinski definition) is 7. The average molecular weight is 474 g/mol. The first-order chi connectivity index (χ1) is 15.3. The lowest BCUT2D eigenvalue weighted by atomic mass is 10.2. The third-order valence-electron chi connectivity index (χ3n) is 4.08. The fourth-order valence-corrected chi connectivity index (χ4v) is 3.03. The minimum atomic E-state index is -0.826. The van der Waals surface area contributed by atoms with Gasteiger partial charge < -0.3 is 9.84 Å². The van der Waals surface area contributed by atoms with E-state index in [0.29, 0.717) is 5.02 Å². The number of esters is 1. The Morgan fingerprint density at radius 1 is 1.06 bits per heavy atom. The molecule has 0 spiro atoms. The van der Waals surface area contributed by atoms with Crippen LogP contribution in [0.1, 0.15) is 26.3 Å². The van der Waals surface area contributed by atoms with Gasteiger partial charge in [-0.2, -0.15) is 5.10 Å². The molecule has 0 aromatic heterocycles. The van der Waals surface area contributed by atoms with Crippen LogP contribution >= 0.6 is 23.2 Å². The molecule has 0 aliphatic carbocycles. The molecule has 3 aromatic rings. The van der Waals surface area contributed by atoms with Gasteiger partial charge in [0.15, 0.2) is 0 Å². The zero-order valence-corrected chi connectivity index (χ0v) is 17.5. The van der Waals surface area contributed by atoms with Crippen molar-refractivity contribution in [3.63, 3.8) is 0 Å². The van der Waals surface area contributed by atoms with E-state index in [1.807, 2.05) is 0 Å². The third kappa shape index (κ3) is 5.39. The van der Waals surface area contributed by atoms with E-state index in [9.17, 15) is 24.8 Å². The zero-order valence-electron chi connectivity index (χ0n) is 16.0. The van der Waals surface area contributed by atoms with Gasteiger partial charge in [-0.15, -0.1) is 0 Å². The first kappa shape index (κ1) is 22.7. The number of para-hydroxylation sites is 1. The summed E-state index contributed by atoms with van der Waals surface area (Å²) in [5.74, 6) is -1.85. The largest absolute Gasteiger partial charge is 0.507 e. The molecule has 0 saturated heterocycles. The van der Waals surface area contributed by atoms with E-state index < -0.39 is 16.8 Å². The number of hydrogen-bond donors (Lipinski definition) is 2. The molecule has 3 rings (SSSR count). The van der Waals surface area contributed by atoms with Gasteiger partial charge in [-0.25, -0.2) is 10.2 Å². The summed E-state index contributed by atoms with van der Waals surface area (Å²) in [4.78, 5) is 35.1. The number of nitrogens with zero attached hydrogens (tertiary/aromatic N) is 2. The Labute approximate surface area is 191 Å². The Hall–Kier alpha value is -3.95. The van der Waals surface area contributed by atoms with Crippen molar-refractivity contribution in [1.82, 2.24) is 5.43 Å². The van der Waals surface area contributed by atoms with Gasteiger partial charge in [0.1, 0.15) is 11.5 Å². The maximum atomic E-state index is 12.5. The van der Waals surface area contributed by atoms with Crippen LogP contribution in [-0.2, 0) is 0 Å². The highest BCUT2D eigenvalue weighted by Gasteiger charge is 2.17. The minimum absolute atomic E-state index is 0.0206. The smallest absolute Gasteiger partial charge is 0.345 e. The van der Waals surface area contributed by atoms with Crippen molar-refractivity contribution in [1.29, 1.82) is 0 Å². The van der Waals surface area contributed by atoms with Crippen LogP contribution in [0.25, 0.3) is 0 Å². The normalized spacial score (nSPS) is 10.7. The molecule has 0 heterocycles. The molecule has 0 fully saturated rings. The molecule has 0 saturated carbocycles. The third-order valence-corrected chi connectivity index (χ3v) is 4.62. The van der Waals surface area contributed by atoms with Gasteiger partial charge in [-0.3, -0.25) is 14.9 Å². The summed E-state index contributed by atoms with van der Waals surface area (Å²) >= 11 is 11.8. The molecule has 0 bridgehead atoms. The fourth-order valence-electron chi connectivity index (χ4n) is 2.54. The molecular formula is C21H13Cl2N3O6. The van der Waals surface area contributed by atoms with E-state index in [2.05, 4.69) is 10.5 Å². The second-order valence-corrected chi connectivity index (χ2v) is 7.05. The summed E-state index contributed by atoms with van der Waals surface area (Å²) in [7, 11) is 0. The predicted octanol–water partition coefficient (Wildman–Crippen LogP) is 4.59. The quantitative estimate of drug-likeness (QED) is 0.177. The van der Waals surface area contributed by atoms with Crippen LogP contribution in [-0.4, -0.2) is 28.1 Å². The first-order valence-corrected chi connectivity index (χ1v) is 9.59. The first-order valence-electron chi connectivity index (χ1n) is 8.83. The molecule has 32 heavy (non-hydrogen) atoms. The molecule has 3 aromatic carbocycles. The standard InChI is InChI=1S/C21H13Cl2N3O6/c22-13-5-7-15(17(23)10-13)21(29)32-19-8-6-14(26(30)31)9-12(19)11-24-25-20(28)16-3-1-2-4-18(16)27/h1-11,27H,(H,25,28)/b24-11+. The van der Waals surface area contributed by atoms with Crippen LogP contribution in [0.4, 0.5) is 5.69 Å². The van der Waals surface area contributed by atoms with Crippen molar-refractivity contribution in [3.8, 4) is 11.5 Å². The van der Waals surface area contributed by atoms with Gasteiger partial charge in [-0.1, -0.05) is 35.3 Å². The summed E-state index contributed by atoms with van der Waals surface area (Å²) in [5, 5.41) is 25.0. The van der Waals surface area contributed by atoms with Crippen LogP contribution in [0, 0.1) is 10.1 Å².